The van der Waals surface area contributed by atoms with Crippen molar-refractivity contribution in [1.82, 2.24) is 0 Å². The van der Waals surface area contributed by atoms with Crippen LogP contribution in [0, 0.1) is 12.7 Å². The average molecular weight is 245 g/mol. The highest BCUT2D eigenvalue weighted by Gasteiger charge is 2.12. The van der Waals surface area contributed by atoms with E-state index < -0.39 is 6.10 Å². The number of hydrogen-bond acceptors (Lipinski definition) is 2. The summed E-state index contributed by atoms with van der Waals surface area (Å²) >= 11 is 0. The van der Waals surface area contributed by atoms with Crippen LogP contribution in [0.15, 0.2) is 42.5 Å². The molecule has 0 aliphatic heterocycles. The molecule has 0 bridgehead atoms. The molecule has 0 saturated carbocycles. The lowest BCUT2D eigenvalue weighted by Crippen LogP contribution is -2.06. The summed E-state index contributed by atoms with van der Waals surface area (Å²) in [6.45, 7) is 1.83. The minimum atomic E-state index is -0.671. The molecule has 0 spiro atoms. The van der Waals surface area contributed by atoms with Gasteiger partial charge in [0.1, 0.15) is 5.82 Å². The second kappa shape index (κ2) is 5.19. The van der Waals surface area contributed by atoms with Gasteiger partial charge in [-0.25, -0.2) is 4.39 Å². The van der Waals surface area contributed by atoms with Crippen LogP contribution in [-0.4, -0.2) is 5.11 Å². The topological polar surface area (TPSA) is 46.2 Å². The quantitative estimate of drug-likeness (QED) is 0.816. The maximum absolute atomic E-state index is 13.0. The predicted octanol–water partition coefficient (Wildman–Crippen LogP) is 2.99. The van der Waals surface area contributed by atoms with E-state index in [0.717, 1.165) is 11.1 Å². The molecule has 94 valence electrons. The van der Waals surface area contributed by atoms with E-state index in [1.165, 1.54) is 12.1 Å². The molecule has 0 aromatic heterocycles. The minimum Gasteiger partial charge on any atom is -0.398 e. The third-order valence-corrected chi connectivity index (χ3v) is 3.07. The van der Waals surface area contributed by atoms with Crippen LogP contribution in [-0.2, 0) is 6.42 Å². The molecule has 1 unspecified atom stereocenters. The highest BCUT2D eigenvalue weighted by Crippen LogP contribution is 2.24. The first-order valence-electron chi connectivity index (χ1n) is 5.85. The van der Waals surface area contributed by atoms with E-state index in [2.05, 4.69) is 0 Å². The molecular formula is C15H16FNO. The third-order valence-electron chi connectivity index (χ3n) is 3.07. The molecule has 18 heavy (non-hydrogen) atoms. The first-order chi connectivity index (χ1) is 8.58. The number of aliphatic hydroxyl groups is 1. The van der Waals surface area contributed by atoms with Gasteiger partial charge in [0.05, 0.1) is 6.10 Å². The summed E-state index contributed by atoms with van der Waals surface area (Å²) in [4.78, 5) is 0. The molecule has 2 nitrogen and oxygen atoms in total. The number of rotatable bonds is 3. The highest BCUT2D eigenvalue weighted by molar-refractivity contribution is 5.48. The highest BCUT2D eigenvalue weighted by atomic mass is 19.1. The summed E-state index contributed by atoms with van der Waals surface area (Å²) in [6.07, 6.45) is -0.240. The summed E-state index contributed by atoms with van der Waals surface area (Å²) in [5.41, 5.74) is 8.86. The average Bonchev–Trinajstić information content (AvgIpc) is 2.33. The van der Waals surface area contributed by atoms with Crippen molar-refractivity contribution in [2.75, 3.05) is 5.73 Å². The van der Waals surface area contributed by atoms with Gasteiger partial charge in [-0.1, -0.05) is 24.3 Å². The minimum absolute atomic E-state index is 0.259. The number of halogens is 1. The molecular weight excluding hydrogens is 229 g/mol. The molecule has 2 aromatic carbocycles. The first kappa shape index (κ1) is 12.6. The van der Waals surface area contributed by atoms with E-state index in [1.807, 2.05) is 19.1 Å². The summed E-state index contributed by atoms with van der Waals surface area (Å²) in [5, 5.41) is 10.2. The molecule has 0 amide bonds. The van der Waals surface area contributed by atoms with Gasteiger partial charge in [0.2, 0.25) is 0 Å². The van der Waals surface area contributed by atoms with Crippen molar-refractivity contribution in [3.05, 3.63) is 65.0 Å². The molecule has 0 heterocycles. The van der Waals surface area contributed by atoms with E-state index in [4.69, 9.17) is 5.73 Å². The Balaban J connectivity index is 2.21. The van der Waals surface area contributed by atoms with Crippen LogP contribution in [0.25, 0.3) is 0 Å². The maximum Gasteiger partial charge on any atom is 0.123 e. The Hall–Kier alpha value is -1.87. The Morgan fingerprint density at radius 2 is 1.94 bits per heavy atom. The van der Waals surface area contributed by atoms with Crippen LogP contribution in [0.5, 0.6) is 0 Å². The van der Waals surface area contributed by atoms with Gasteiger partial charge in [-0.2, -0.15) is 0 Å². The fourth-order valence-corrected chi connectivity index (χ4v) is 2.02. The lowest BCUT2D eigenvalue weighted by Gasteiger charge is -2.14. The number of aliphatic hydroxyl groups excluding tert-OH is 1. The van der Waals surface area contributed by atoms with E-state index in [0.29, 0.717) is 17.7 Å². The van der Waals surface area contributed by atoms with Crippen LogP contribution in [0.2, 0.25) is 0 Å². The molecule has 3 N–H and O–H groups in total. The van der Waals surface area contributed by atoms with Gasteiger partial charge < -0.3 is 10.8 Å². The fourth-order valence-electron chi connectivity index (χ4n) is 2.02. The molecule has 1 atom stereocenters. The normalized spacial score (nSPS) is 12.4. The smallest absolute Gasteiger partial charge is 0.123 e. The van der Waals surface area contributed by atoms with E-state index in [9.17, 15) is 9.50 Å². The van der Waals surface area contributed by atoms with Gasteiger partial charge in [0.15, 0.2) is 0 Å². The van der Waals surface area contributed by atoms with Crippen molar-refractivity contribution in [2.45, 2.75) is 19.4 Å². The van der Waals surface area contributed by atoms with Crippen molar-refractivity contribution >= 4 is 5.69 Å². The zero-order valence-electron chi connectivity index (χ0n) is 10.2. The molecule has 0 aliphatic carbocycles. The number of nitrogen functional groups attached to an aromatic ring is 1. The van der Waals surface area contributed by atoms with Crippen LogP contribution < -0.4 is 5.73 Å². The van der Waals surface area contributed by atoms with E-state index in [-0.39, 0.29) is 5.82 Å². The van der Waals surface area contributed by atoms with Crippen LogP contribution in [0.1, 0.15) is 22.8 Å². The largest absolute Gasteiger partial charge is 0.398 e. The van der Waals surface area contributed by atoms with Gasteiger partial charge >= 0.3 is 0 Å². The number of benzene rings is 2. The third kappa shape index (κ3) is 2.68. The van der Waals surface area contributed by atoms with Gasteiger partial charge in [-0.3, -0.25) is 0 Å². The Labute approximate surface area is 106 Å². The van der Waals surface area contributed by atoms with Crippen LogP contribution in [0.4, 0.5) is 10.1 Å². The van der Waals surface area contributed by atoms with Crippen molar-refractivity contribution in [3.8, 4) is 0 Å². The van der Waals surface area contributed by atoms with Gasteiger partial charge in [-0.15, -0.1) is 0 Å². The number of aryl methyl sites for hydroxylation is 1. The van der Waals surface area contributed by atoms with Crippen LogP contribution >= 0.6 is 0 Å². The summed E-state index contributed by atoms with van der Waals surface area (Å²) < 4.78 is 13.0. The lowest BCUT2D eigenvalue weighted by atomic mass is 9.97. The molecule has 0 radical (unpaired) electrons. The predicted molar refractivity (Wildman–Crippen MR) is 70.7 cm³/mol. The Morgan fingerprint density at radius 1 is 1.22 bits per heavy atom. The number of hydrogen-bond donors (Lipinski definition) is 2. The van der Waals surface area contributed by atoms with Gasteiger partial charge in [-0.05, 0) is 36.2 Å². The summed E-state index contributed by atoms with van der Waals surface area (Å²) in [5.74, 6) is -0.259. The first-order valence-corrected chi connectivity index (χ1v) is 5.85. The number of para-hydroxylation sites is 1. The van der Waals surface area contributed by atoms with Crippen molar-refractivity contribution in [2.24, 2.45) is 0 Å². The zero-order valence-corrected chi connectivity index (χ0v) is 10.2. The maximum atomic E-state index is 13.0. The Bertz CT molecular complexity index is 554. The monoisotopic (exact) mass is 245 g/mol. The second-order valence-corrected chi connectivity index (χ2v) is 4.42. The molecule has 0 fully saturated rings. The van der Waals surface area contributed by atoms with Crippen molar-refractivity contribution < 1.29 is 9.50 Å². The fraction of sp³-hybridized carbons (Fsp3) is 0.200. The zero-order chi connectivity index (χ0) is 13.1. The second-order valence-electron chi connectivity index (χ2n) is 4.42. The summed E-state index contributed by atoms with van der Waals surface area (Å²) in [7, 11) is 0. The molecule has 3 heteroatoms. The number of anilines is 1. The lowest BCUT2D eigenvalue weighted by molar-refractivity contribution is 0.179. The van der Waals surface area contributed by atoms with E-state index >= 15 is 0 Å². The van der Waals surface area contributed by atoms with Crippen LogP contribution in [0.3, 0.4) is 0 Å². The summed E-state index contributed by atoms with van der Waals surface area (Å²) in [6, 6.07) is 11.8. The SMILES string of the molecule is Cc1cc(F)ccc1CC(O)c1ccccc1N. The van der Waals surface area contributed by atoms with Crippen molar-refractivity contribution in [3.63, 3.8) is 0 Å². The molecule has 0 saturated heterocycles. The molecule has 2 aromatic rings. The van der Waals surface area contributed by atoms with E-state index in [1.54, 1.807) is 18.2 Å². The van der Waals surface area contributed by atoms with Gasteiger partial charge in [0, 0.05) is 17.7 Å². The molecule has 0 aliphatic rings. The van der Waals surface area contributed by atoms with Gasteiger partial charge in [0.25, 0.3) is 0 Å². The molecule has 2 rings (SSSR count). The standard InChI is InChI=1S/C15H16FNO/c1-10-8-12(16)7-6-11(10)9-15(18)13-4-2-3-5-14(13)17/h2-8,15,18H,9,17H2,1H3. The Kier molecular flexibility index (Phi) is 3.63. The Morgan fingerprint density at radius 3 is 2.61 bits per heavy atom. The number of nitrogens with two attached hydrogens (primary N) is 1. The van der Waals surface area contributed by atoms with Crippen molar-refractivity contribution in [1.29, 1.82) is 0 Å².